The van der Waals surface area contributed by atoms with E-state index >= 15 is 0 Å². The topological polar surface area (TPSA) is 0 Å². The van der Waals surface area contributed by atoms with Gasteiger partial charge in [-0.2, -0.15) is 41.5 Å². The van der Waals surface area contributed by atoms with Crippen molar-refractivity contribution in [2.75, 3.05) is 0 Å². The van der Waals surface area contributed by atoms with E-state index in [-0.39, 0.29) is 24.8 Å². The zero-order valence-electron chi connectivity index (χ0n) is 22.0. The van der Waals surface area contributed by atoms with Gasteiger partial charge in [0.15, 0.2) is 0 Å². The molecule has 3 aromatic carbocycles. The molecule has 5 rings (SSSR count). The van der Waals surface area contributed by atoms with E-state index in [4.69, 9.17) is 0 Å². The molecule has 3 aromatic rings. The fraction of sp³-hybridized carbons (Fsp3) is 0.303. The number of fused-ring (bicyclic) bond motifs is 3. The van der Waals surface area contributed by atoms with Crippen LogP contribution in [-0.4, -0.2) is 3.71 Å². The minimum atomic E-state index is 0. The predicted octanol–water partition coefficient (Wildman–Crippen LogP) is 2.51. The number of hydrogen-bond acceptors (Lipinski definition) is 0. The summed E-state index contributed by atoms with van der Waals surface area (Å²) in [7, 11) is 0. The second-order valence-corrected chi connectivity index (χ2v) is 10.7. The number of hydrogen-bond donors (Lipinski definition) is 0. The molecule has 0 fully saturated rings. The Hall–Kier alpha value is -1.53. The van der Waals surface area contributed by atoms with E-state index in [0.717, 1.165) is 6.42 Å². The van der Waals surface area contributed by atoms with Gasteiger partial charge in [0.2, 0.25) is 0 Å². The Balaban J connectivity index is 0.000000267. The van der Waals surface area contributed by atoms with Crippen molar-refractivity contribution >= 4 is 3.71 Å². The summed E-state index contributed by atoms with van der Waals surface area (Å²) in [5.41, 5.74) is 9.92. The Morgan fingerprint density at radius 3 is 2.22 bits per heavy atom. The van der Waals surface area contributed by atoms with Gasteiger partial charge in [-0.3, -0.25) is 6.08 Å². The van der Waals surface area contributed by atoms with Crippen LogP contribution in [0.15, 0.2) is 84.5 Å². The van der Waals surface area contributed by atoms with Gasteiger partial charge < -0.3 is 24.8 Å². The first kappa shape index (κ1) is 32.5. The molecule has 0 saturated carbocycles. The van der Waals surface area contributed by atoms with E-state index in [9.17, 15) is 0 Å². The van der Waals surface area contributed by atoms with Crippen molar-refractivity contribution in [3.05, 3.63) is 119 Å². The van der Waals surface area contributed by atoms with Crippen LogP contribution in [-0.2, 0) is 30.7 Å². The van der Waals surface area contributed by atoms with E-state index in [2.05, 4.69) is 123 Å². The molecule has 2 aliphatic rings. The summed E-state index contributed by atoms with van der Waals surface area (Å²) < 4.78 is 2.19. The quantitative estimate of drug-likeness (QED) is 0.320. The smallest absolute Gasteiger partial charge is 0.0253 e. The van der Waals surface area contributed by atoms with Gasteiger partial charge in [-0.25, -0.2) is 6.08 Å². The third-order valence-electron chi connectivity index (χ3n) is 6.16. The Morgan fingerprint density at radius 2 is 1.61 bits per heavy atom. The van der Waals surface area contributed by atoms with Crippen LogP contribution in [0.1, 0.15) is 62.8 Å². The molecular weight excluding hydrogens is 558 g/mol. The van der Waals surface area contributed by atoms with E-state index in [1.807, 2.05) is 6.07 Å². The van der Waals surface area contributed by atoms with Crippen molar-refractivity contribution in [2.24, 2.45) is 11.3 Å². The van der Waals surface area contributed by atoms with Crippen LogP contribution in [0.25, 0.3) is 11.1 Å². The third kappa shape index (κ3) is 9.41. The van der Waals surface area contributed by atoms with Crippen molar-refractivity contribution in [2.45, 2.75) is 53.9 Å². The normalized spacial score (nSPS) is 14.4. The van der Waals surface area contributed by atoms with Crippen LogP contribution in [0, 0.1) is 30.4 Å². The first-order chi connectivity index (χ1) is 16.3. The van der Waals surface area contributed by atoms with Crippen molar-refractivity contribution in [1.29, 1.82) is 0 Å². The van der Waals surface area contributed by atoms with Crippen molar-refractivity contribution in [3.63, 3.8) is 0 Å². The van der Waals surface area contributed by atoms with Gasteiger partial charge in [0.25, 0.3) is 0 Å². The van der Waals surface area contributed by atoms with Gasteiger partial charge in [-0.1, -0.05) is 87.3 Å². The summed E-state index contributed by atoms with van der Waals surface area (Å²) in [5.74, 6) is 0.587. The number of halogens is 2. The minimum absolute atomic E-state index is 0. The van der Waals surface area contributed by atoms with Crippen molar-refractivity contribution in [3.8, 4) is 11.1 Å². The molecule has 0 amide bonds. The average molecular weight is 595 g/mol. The second-order valence-electron chi connectivity index (χ2n) is 10.0. The van der Waals surface area contributed by atoms with Crippen LogP contribution in [0.5, 0.6) is 0 Å². The van der Waals surface area contributed by atoms with Gasteiger partial charge in [0.1, 0.15) is 0 Å². The van der Waals surface area contributed by atoms with Crippen molar-refractivity contribution in [1.82, 2.24) is 0 Å². The van der Waals surface area contributed by atoms with Gasteiger partial charge >= 0.3 is 70.3 Å². The fourth-order valence-electron chi connectivity index (χ4n) is 4.11. The molecule has 0 bridgehead atoms. The fourth-order valence-corrected chi connectivity index (χ4v) is 4.59. The molecule has 3 heteroatoms. The maximum atomic E-state index is 3.40. The molecule has 0 aliphatic heterocycles. The summed E-state index contributed by atoms with van der Waals surface area (Å²) in [5, 5.41) is 0. The monoisotopic (exact) mass is 592 g/mol. The average Bonchev–Trinajstić information content (AvgIpc) is 3.46. The predicted molar refractivity (Wildman–Crippen MR) is 144 cm³/mol. The summed E-state index contributed by atoms with van der Waals surface area (Å²) in [4.78, 5) is 0. The molecule has 36 heavy (non-hydrogen) atoms. The first-order valence-corrected chi connectivity index (χ1v) is 13.7. The summed E-state index contributed by atoms with van der Waals surface area (Å²) in [6, 6.07) is 26.7. The van der Waals surface area contributed by atoms with Crippen LogP contribution in [0.2, 0.25) is 0 Å². The van der Waals surface area contributed by atoms with Gasteiger partial charge in [-0.15, -0.1) is 5.56 Å². The molecule has 0 saturated heterocycles. The van der Waals surface area contributed by atoms with Crippen LogP contribution >= 0.6 is 0 Å². The number of rotatable bonds is 3. The van der Waals surface area contributed by atoms with Gasteiger partial charge in [0, 0.05) is 0 Å². The summed E-state index contributed by atoms with van der Waals surface area (Å²) in [6.45, 7) is 11.1. The molecule has 0 radical (unpaired) electrons. The zero-order chi connectivity index (χ0) is 24.6. The zero-order valence-corrected chi connectivity index (χ0v) is 26.0. The van der Waals surface area contributed by atoms with E-state index in [1.54, 1.807) is 0 Å². The molecule has 0 spiro atoms. The molecule has 0 aromatic heterocycles. The van der Waals surface area contributed by atoms with Crippen LogP contribution < -0.4 is 24.8 Å². The standard InChI is InChI=1S/C13H9.C12H19.C8H8.2ClH.Zr/c1-3-7-12-10(5-1)9-11-6-2-4-8-13(11)12;1-5-6-10-7-8-11(9-10)12(2,3)4;1-7-3-5-8(2)6-4-7;;;/h1-5,7-8H,9H2;8-10H,5-6H2,1-4H3;1,3-6H,2H3;2*1H;/q2*-1;;;;+2/p-2. The maximum Gasteiger partial charge on any atom is -0.0253 e. The van der Waals surface area contributed by atoms with Crippen LogP contribution in [0.4, 0.5) is 0 Å². The largest absolute Gasteiger partial charge is 1.00 e. The summed E-state index contributed by atoms with van der Waals surface area (Å²) in [6.07, 6.45) is 11.5. The maximum absolute atomic E-state index is 3.40. The Bertz CT molecular complexity index is 1110. The third-order valence-corrected chi connectivity index (χ3v) is 6.98. The molecule has 0 nitrogen and oxygen atoms in total. The Labute approximate surface area is 246 Å². The minimum Gasteiger partial charge on any atom is -1.00 e. The van der Waals surface area contributed by atoms with E-state index in [1.165, 1.54) is 76.0 Å². The van der Waals surface area contributed by atoms with Gasteiger partial charge in [0.05, 0.1) is 0 Å². The van der Waals surface area contributed by atoms with Crippen LogP contribution in [0.3, 0.4) is 0 Å². The summed E-state index contributed by atoms with van der Waals surface area (Å²) >= 11 is 1.47. The molecular formula is C33H36Cl2Zr-2. The Kier molecular flexibility index (Phi) is 14.1. The molecule has 188 valence electrons. The Morgan fingerprint density at radius 1 is 0.944 bits per heavy atom. The van der Waals surface area contributed by atoms with Crippen molar-refractivity contribution < 1.29 is 49.0 Å². The number of allylic oxidation sites excluding steroid dienone is 4. The number of benzene rings is 3. The molecule has 0 heterocycles. The molecule has 2 aliphatic carbocycles. The van der Waals surface area contributed by atoms with Gasteiger partial charge in [-0.05, 0) is 6.42 Å². The number of aryl methyl sites for hydroxylation is 1. The SMILES string of the molecule is CCCC1[C-]=CC(C(C)(C)C)=C1.Cc1ccc([CH]=[Zr+2])cc1.[Cl-].[Cl-].[c-]1cccc2c1Cc1ccccc1-2. The molecule has 1 atom stereocenters. The van der Waals surface area contributed by atoms with E-state index in [0.29, 0.717) is 11.3 Å². The first-order valence-electron chi connectivity index (χ1n) is 12.3. The molecule has 1 unspecified atom stereocenters. The van der Waals surface area contributed by atoms with E-state index < -0.39 is 0 Å². The molecule has 0 N–H and O–H groups in total. The second kappa shape index (κ2) is 15.7.